The largest absolute Gasteiger partial charge is 0.348 e. The summed E-state index contributed by atoms with van der Waals surface area (Å²) in [5.74, 6) is 0.0198. The predicted molar refractivity (Wildman–Crippen MR) is 102 cm³/mol. The van der Waals surface area contributed by atoms with Gasteiger partial charge in [-0.05, 0) is 61.9 Å². The van der Waals surface area contributed by atoms with Crippen molar-refractivity contribution in [3.05, 3.63) is 70.3 Å². The Balaban J connectivity index is 1.55. The molecule has 2 aromatic carbocycles. The van der Waals surface area contributed by atoms with Crippen LogP contribution in [-0.2, 0) is 25.9 Å². The number of aryl methyl sites for hydroxylation is 2. The van der Waals surface area contributed by atoms with Crippen LogP contribution in [0, 0.1) is 0 Å². The lowest BCUT2D eigenvalue weighted by Crippen LogP contribution is -3.10. The van der Waals surface area contributed by atoms with Crippen molar-refractivity contribution in [2.45, 2.75) is 46.2 Å². The van der Waals surface area contributed by atoms with E-state index in [-0.39, 0.29) is 5.91 Å². The molecule has 0 aliphatic heterocycles. The second kappa shape index (κ2) is 8.30. The predicted octanol–water partition coefficient (Wildman–Crippen LogP) is 2.53. The van der Waals surface area contributed by atoms with Crippen LogP contribution in [-0.4, -0.2) is 19.0 Å². The molecule has 2 aromatic rings. The molecule has 3 nitrogen and oxygen atoms in total. The first-order chi connectivity index (χ1) is 12.2. The van der Waals surface area contributed by atoms with Crippen LogP contribution in [0.3, 0.4) is 0 Å². The van der Waals surface area contributed by atoms with Gasteiger partial charge in [-0.3, -0.25) is 4.79 Å². The van der Waals surface area contributed by atoms with Crippen molar-refractivity contribution >= 4 is 5.91 Å². The van der Waals surface area contributed by atoms with E-state index in [2.05, 4.69) is 55.6 Å². The van der Waals surface area contributed by atoms with Crippen molar-refractivity contribution in [2.24, 2.45) is 0 Å². The Kier molecular flexibility index (Phi) is 5.87. The molecule has 3 heteroatoms. The van der Waals surface area contributed by atoms with Gasteiger partial charge in [0.1, 0.15) is 6.54 Å². The number of carbonyl (C=O) groups is 1. The Morgan fingerprint density at radius 2 is 1.64 bits per heavy atom. The number of hydrogen-bond donors (Lipinski definition) is 2. The monoisotopic (exact) mass is 337 g/mol. The highest BCUT2D eigenvalue weighted by Gasteiger charge is 2.13. The van der Waals surface area contributed by atoms with E-state index in [9.17, 15) is 4.79 Å². The van der Waals surface area contributed by atoms with E-state index in [4.69, 9.17) is 0 Å². The Morgan fingerprint density at radius 1 is 0.960 bits per heavy atom. The second-order valence-corrected chi connectivity index (χ2v) is 6.97. The fourth-order valence-corrected chi connectivity index (χ4v) is 3.56. The summed E-state index contributed by atoms with van der Waals surface area (Å²) in [6.45, 7) is 8.39. The number of nitrogens with one attached hydrogen (secondary N) is 2. The van der Waals surface area contributed by atoms with Crippen molar-refractivity contribution in [3.63, 3.8) is 0 Å². The molecule has 0 bridgehead atoms. The minimum Gasteiger partial charge on any atom is -0.348 e. The van der Waals surface area contributed by atoms with E-state index in [0.29, 0.717) is 6.54 Å². The number of amides is 1. The number of carbonyl (C=O) groups excluding carboxylic acids is 1. The third-order valence-electron chi connectivity index (χ3n) is 5.29. The van der Waals surface area contributed by atoms with E-state index < -0.39 is 0 Å². The van der Waals surface area contributed by atoms with Gasteiger partial charge in [0.25, 0.3) is 5.91 Å². The SMILES string of the molecule is CC[NH+](CC)Cc1ccc(CNC(=O)c2ccc3c(c2)CCC3)cc1. The Morgan fingerprint density at radius 3 is 2.36 bits per heavy atom. The summed E-state index contributed by atoms with van der Waals surface area (Å²) in [4.78, 5) is 14.0. The van der Waals surface area contributed by atoms with Crippen LogP contribution < -0.4 is 10.2 Å². The summed E-state index contributed by atoms with van der Waals surface area (Å²) >= 11 is 0. The zero-order valence-electron chi connectivity index (χ0n) is 15.4. The maximum absolute atomic E-state index is 12.4. The van der Waals surface area contributed by atoms with Gasteiger partial charge in [0.15, 0.2) is 0 Å². The first-order valence-corrected chi connectivity index (χ1v) is 9.51. The molecule has 0 atom stereocenters. The summed E-state index contributed by atoms with van der Waals surface area (Å²) in [5, 5.41) is 3.04. The van der Waals surface area contributed by atoms with Gasteiger partial charge < -0.3 is 10.2 Å². The van der Waals surface area contributed by atoms with E-state index in [0.717, 1.165) is 43.6 Å². The van der Waals surface area contributed by atoms with Crippen LogP contribution in [0.1, 0.15) is 52.9 Å². The summed E-state index contributed by atoms with van der Waals surface area (Å²) in [7, 11) is 0. The zero-order chi connectivity index (χ0) is 17.6. The minimum atomic E-state index is 0.0198. The summed E-state index contributed by atoms with van der Waals surface area (Å²) < 4.78 is 0. The summed E-state index contributed by atoms with van der Waals surface area (Å²) in [5.41, 5.74) is 6.03. The molecular formula is C22H29N2O+. The normalized spacial score (nSPS) is 13.1. The first-order valence-electron chi connectivity index (χ1n) is 9.51. The molecule has 0 spiro atoms. The van der Waals surface area contributed by atoms with Crippen molar-refractivity contribution in [2.75, 3.05) is 13.1 Å². The van der Waals surface area contributed by atoms with E-state index in [1.165, 1.54) is 23.1 Å². The first kappa shape index (κ1) is 17.7. The highest BCUT2D eigenvalue weighted by Crippen LogP contribution is 2.22. The molecule has 0 fully saturated rings. The molecule has 1 amide bonds. The smallest absolute Gasteiger partial charge is 0.251 e. The second-order valence-electron chi connectivity index (χ2n) is 6.97. The van der Waals surface area contributed by atoms with E-state index in [1.54, 1.807) is 4.90 Å². The van der Waals surface area contributed by atoms with Crippen molar-refractivity contribution in [1.29, 1.82) is 0 Å². The van der Waals surface area contributed by atoms with Crippen LogP contribution in [0.15, 0.2) is 42.5 Å². The molecule has 132 valence electrons. The summed E-state index contributed by atoms with van der Waals surface area (Å²) in [6.07, 6.45) is 3.47. The Labute approximate surface area is 151 Å². The molecule has 0 unspecified atom stereocenters. The molecule has 3 rings (SSSR count). The van der Waals surface area contributed by atoms with Crippen molar-refractivity contribution in [1.82, 2.24) is 5.32 Å². The molecule has 0 saturated carbocycles. The van der Waals surface area contributed by atoms with Crippen LogP contribution >= 0.6 is 0 Å². The fraction of sp³-hybridized carbons (Fsp3) is 0.409. The van der Waals surface area contributed by atoms with Gasteiger partial charge in [0.05, 0.1) is 13.1 Å². The lowest BCUT2D eigenvalue weighted by atomic mass is 10.1. The maximum Gasteiger partial charge on any atom is 0.251 e. The highest BCUT2D eigenvalue weighted by atomic mass is 16.1. The standard InChI is InChI=1S/C22H28N2O/c1-3-24(4-2)16-18-10-8-17(9-11-18)15-23-22(25)21-13-12-19-6-5-7-20(19)14-21/h8-14H,3-7,15-16H2,1-2H3,(H,23,25)/p+1. The Bertz CT molecular complexity index is 717. The van der Waals surface area contributed by atoms with Crippen LogP contribution in [0.25, 0.3) is 0 Å². The zero-order valence-corrected chi connectivity index (χ0v) is 15.4. The number of benzene rings is 2. The molecule has 1 aliphatic rings. The molecule has 0 radical (unpaired) electrons. The average Bonchev–Trinajstić information content (AvgIpc) is 3.12. The van der Waals surface area contributed by atoms with Gasteiger partial charge in [-0.15, -0.1) is 0 Å². The summed E-state index contributed by atoms with van der Waals surface area (Å²) in [6, 6.07) is 14.7. The number of rotatable bonds is 7. The number of hydrogen-bond acceptors (Lipinski definition) is 1. The van der Waals surface area contributed by atoms with Crippen molar-refractivity contribution in [3.8, 4) is 0 Å². The number of fused-ring (bicyclic) bond motifs is 1. The molecule has 25 heavy (non-hydrogen) atoms. The molecule has 0 heterocycles. The molecule has 0 aromatic heterocycles. The number of quaternary nitrogens is 1. The van der Waals surface area contributed by atoms with Crippen LogP contribution in [0.4, 0.5) is 0 Å². The van der Waals surface area contributed by atoms with Gasteiger partial charge in [0, 0.05) is 17.7 Å². The van der Waals surface area contributed by atoms with Gasteiger partial charge in [0.2, 0.25) is 0 Å². The van der Waals surface area contributed by atoms with Gasteiger partial charge >= 0.3 is 0 Å². The average molecular weight is 337 g/mol. The van der Waals surface area contributed by atoms with E-state index >= 15 is 0 Å². The maximum atomic E-state index is 12.4. The highest BCUT2D eigenvalue weighted by molar-refractivity contribution is 5.94. The van der Waals surface area contributed by atoms with Crippen LogP contribution in [0.2, 0.25) is 0 Å². The van der Waals surface area contributed by atoms with Gasteiger partial charge in [-0.2, -0.15) is 0 Å². The van der Waals surface area contributed by atoms with Gasteiger partial charge in [-0.25, -0.2) is 0 Å². The lowest BCUT2D eigenvalue weighted by Gasteiger charge is -2.15. The van der Waals surface area contributed by atoms with E-state index in [1.807, 2.05) is 6.07 Å². The topological polar surface area (TPSA) is 33.5 Å². The molecule has 2 N–H and O–H groups in total. The molecular weight excluding hydrogens is 308 g/mol. The molecule has 1 aliphatic carbocycles. The van der Waals surface area contributed by atoms with Crippen LogP contribution in [0.5, 0.6) is 0 Å². The lowest BCUT2D eigenvalue weighted by molar-refractivity contribution is -0.910. The third-order valence-corrected chi connectivity index (χ3v) is 5.29. The Hall–Kier alpha value is -2.13. The quantitative estimate of drug-likeness (QED) is 0.800. The van der Waals surface area contributed by atoms with Crippen molar-refractivity contribution < 1.29 is 9.69 Å². The minimum absolute atomic E-state index is 0.0198. The van der Waals surface area contributed by atoms with Gasteiger partial charge in [-0.1, -0.05) is 30.3 Å². The fourth-order valence-electron chi connectivity index (χ4n) is 3.56. The molecule has 0 saturated heterocycles. The third kappa shape index (κ3) is 4.49.